The van der Waals surface area contributed by atoms with Gasteiger partial charge >= 0.3 is 0 Å². The summed E-state index contributed by atoms with van der Waals surface area (Å²) in [5.74, 6) is 6.21. The molecule has 4 aliphatic rings. The molecule has 4 rings (SSSR count). The predicted octanol–water partition coefficient (Wildman–Crippen LogP) is 1.58. The van der Waals surface area contributed by atoms with Gasteiger partial charge in [-0.25, -0.2) is 0 Å². The monoisotopic (exact) mass is 280 g/mol. The highest BCUT2D eigenvalue weighted by atomic mass is 16.5. The van der Waals surface area contributed by atoms with Crippen LogP contribution in [0, 0.1) is 17.3 Å². The highest BCUT2D eigenvalue weighted by Crippen LogP contribution is 2.62. The number of aliphatic hydroxyl groups is 1. The maximum atomic E-state index is 12.9. The highest BCUT2D eigenvalue weighted by Gasteiger charge is 2.61. The fourth-order valence-electron chi connectivity index (χ4n) is 5.07. The summed E-state index contributed by atoms with van der Waals surface area (Å²) in [6, 6.07) is 0. The molecule has 4 fully saturated rings. The Balaban J connectivity index is 1.87. The zero-order chi connectivity index (χ0) is 14.5. The Bertz CT molecular complexity index is 444. The molecule has 0 spiro atoms. The summed E-state index contributed by atoms with van der Waals surface area (Å²) in [6.07, 6.45) is 4.97. The Morgan fingerprint density at radius 3 is 2.35 bits per heavy atom. The lowest BCUT2D eigenvalue weighted by Gasteiger charge is -2.59. The van der Waals surface area contributed by atoms with E-state index < -0.39 is 11.0 Å². The van der Waals surface area contributed by atoms with Gasteiger partial charge in [-0.15, -0.1) is 5.10 Å². The third kappa shape index (κ3) is 2.12. The van der Waals surface area contributed by atoms with Gasteiger partial charge in [0.2, 0.25) is 5.78 Å². The molecule has 112 valence electrons. The molecular formula is C15H24N2O3. The molecule has 20 heavy (non-hydrogen) atoms. The Hall–Kier alpha value is -1.10. The van der Waals surface area contributed by atoms with E-state index in [1.807, 2.05) is 13.8 Å². The van der Waals surface area contributed by atoms with Gasteiger partial charge in [-0.3, -0.25) is 4.79 Å². The quantitative estimate of drug-likeness (QED) is 0.356. The fraction of sp³-hybridized carbons (Fsp3) is 0.867. The van der Waals surface area contributed by atoms with Crippen molar-refractivity contribution in [1.82, 2.24) is 0 Å². The number of nitrogens with zero attached hydrogens (tertiary/aromatic N) is 1. The van der Waals surface area contributed by atoms with Crippen LogP contribution in [0.4, 0.5) is 0 Å². The number of Topliss-reactive ketones (excluding diaryl/α,β-unsaturated/α-hetero) is 1. The number of carbonyl (C=O) groups excluding carboxylic acids is 1. The highest BCUT2D eigenvalue weighted by molar-refractivity contribution is 6.38. The molecule has 0 radical (unpaired) electrons. The van der Waals surface area contributed by atoms with E-state index in [0.29, 0.717) is 18.3 Å². The molecule has 5 nitrogen and oxygen atoms in total. The molecule has 4 saturated carbocycles. The van der Waals surface area contributed by atoms with Crippen LogP contribution >= 0.6 is 0 Å². The van der Waals surface area contributed by atoms with E-state index in [4.69, 9.17) is 10.6 Å². The van der Waals surface area contributed by atoms with Crippen molar-refractivity contribution in [1.29, 1.82) is 0 Å². The van der Waals surface area contributed by atoms with Crippen LogP contribution in [0.25, 0.3) is 0 Å². The average Bonchev–Trinajstić information content (AvgIpc) is 2.31. The first-order valence-corrected chi connectivity index (χ1v) is 7.57. The van der Waals surface area contributed by atoms with Crippen LogP contribution in [0.1, 0.15) is 52.4 Å². The normalized spacial score (nSPS) is 43.1. The van der Waals surface area contributed by atoms with Crippen molar-refractivity contribution in [2.45, 2.75) is 64.1 Å². The number of nitrogens with two attached hydrogens (primary N) is 1. The standard InChI is InChI=1S/C15H24N2O3/c1-9(2)20-13(17-16)12(18)14-4-10-3-11(5-14)7-15(19,6-10)8-14/h9-11,19H,3-8,16H2,1-2H3. The van der Waals surface area contributed by atoms with E-state index in [9.17, 15) is 9.90 Å². The number of hydrogen-bond donors (Lipinski definition) is 2. The first-order chi connectivity index (χ1) is 9.36. The Kier molecular flexibility index (Phi) is 3.08. The van der Waals surface area contributed by atoms with Gasteiger partial charge in [-0.2, -0.15) is 0 Å². The third-order valence-electron chi connectivity index (χ3n) is 5.17. The molecule has 0 saturated heterocycles. The summed E-state index contributed by atoms with van der Waals surface area (Å²) < 4.78 is 5.48. The lowest BCUT2D eigenvalue weighted by atomic mass is 9.47. The van der Waals surface area contributed by atoms with Gasteiger partial charge in [0, 0.05) is 5.41 Å². The molecular weight excluding hydrogens is 256 g/mol. The summed E-state index contributed by atoms with van der Waals surface area (Å²) in [7, 11) is 0. The predicted molar refractivity (Wildman–Crippen MR) is 74.9 cm³/mol. The number of rotatable bonds is 3. The van der Waals surface area contributed by atoms with E-state index in [2.05, 4.69) is 5.10 Å². The van der Waals surface area contributed by atoms with Crippen molar-refractivity contribution in [3.63, 3.8) is 0 Å². The molecule has 3 N–H and O–H groups in total. The van der Waals surface area contributed by atoms with Crippen LogP contribution in [-0.4, -0.2) is 28.5 Å². The van der Waals surface area contributed by atoms with Crippen molar-refractivity contribution < 1.29 is 14.6 Å². The number of ketones is 1. The van der Waals surface area contributed by atoms with Crippen LogP contribution in [0.3, 0.4) is 0 Å². The van der Waals surface area contributed by atoms with Crippen LogP contribution in [0.2, 0.25) is 0 Å². The minimum Gasteiger partial charge on any atom is -0.471 e. The largest absolute Gasteiger partial charge is 0.471 e. The molecule has 2 atom stereocenters. The van der Waals surface area contributed by atoms with Gasteiger partial charge in [0.05, 0.1) is 11.7 Å². The minimum atomic E-state index is -0.655. The van der Waals surface area contributed by atoms with Gasteiger partial charge in [0.25, 0.3) is 5.90 Å². The molecule has 0 amide bonds. The van der Waals surface area contributed by atoms with Crippen molar-refractivity contribution in [3.8, 4) is 0 Å². The zero-order valence-corrected chi connectivity index (χ0v) is 12.3. The van der Waals surface area contributed by atoms with Crippen molar-refractivity contribution in [2.24, 2.45) is 28.2 Å². The second-order valence-electron chi connectivity index (χ2n) is 7.40. The molecule has 4 bridgehead atoms. The second-order valence-corrected chi connectivity index (χ2v) is 7.40. The summed E-state index contributed by atoms with van der Waals surface area (Å²) >= 11 is 0. The van der Waals surface area contributed by atoms with Gasteiger partial charge in [0.15, 0.2) is 0 Å². The number of hydrogen-bond acceptors (Lipinski definition) is 5. The molecule has 0 aromatic rings. The minimum absolute atomic E-state index is 0.0329. The summed E-state index contributed by atoms with van der Waals surface area (Å²) in [5, 5.41) is 14.3. The summed E-state index contributed by atoms with van der Waals surface area (Å²) in [5.41, 5.74) is -1.15. The molecule has 0 heterocycles. The molecule has 0 aromatic heterocycles. The number of carbonyl (C=O) groups is 1. The smallest absolute Gasteiger partial charge is 0.275 e. The maximum Gasteiger partial charge on any atom is 0.275 e. The van der Waals surface area contributed by atoms with Crippen molar-refractivity contribution in [3.05, 3.63) is 0 Å². The summed E-state index contributed by atoms with van der Waals surface area (Å²) in [4.78, 5) is 12.9. The first kappa shape index (κ1) is 13.9. The van der Waals surface area contributed by atoms with Gasteiger partial charge in [0.1, 0.15) is 0 Å². The molecule has 0 aliphatic heterocycles. The van der Waals surface area contributed by atoms with Crippen LogP contribution in [0.15, 0.2) is 5.10 Å². The van der Waals surface area contributed by atoms with E-state index in [1.54, 1.807) is 0 Å². The zero-order valence-electron chi connectivity index (χ0n) is 12.3. The number of hydrazone groups is 1. The Labute approximate surface area is 119 Å². The van der Waals surface area contributed by atoms with Crippen LogP contribution in [-0.2, 0) is 9.53 Å². The molecule has 0 aromatic carbocycles. The van der Waals surface area contributed by atoms with Crippen LogP contribution in [0.5, 0.6) is 0 Å². The van der Waals surface area contributed by atoms with E-state index >= 15 is 0 Å². The molecule has 4 aliphatic carbocycles. The van der Waals surface area contributed by atoms with E-state index in [1.165, 1.54) is 0 Å². The maximum absolute atomic E-state index is 12.9. The van der Waals surface area contributed by atoms with Crippen molar-refractivity contribution >= 4 is 11.7 Å². The first-order valence-electron chi connectivity index (χ1n) is 7.57. The molecule has 5 heteroatoms. The van der Waals surface area contributed by atoms with Gasteiger partial charge in [-0.1, -0.05) is 0 Å². The van der Waals surface area contributed by atoms with Gasteiger partial charge < -0.3 is 15.7 Å². The van der Waals surface area contributed by atoms with Crippen molar-refractivity contribution in [2.75, 3.05) is 0 Å². The Morgan fingerprint density at radius 1 is 1.30 bits per heavy atom. The topological polar surface area (TPSA) is 84.9 Å². The lowest BCUT2D eigenvalue weighted by Crippen LogP contribution is -2.59. The average molecular weight is 280 g/mol. The second kappa shape index (κ2) is 4.45. The fourth-order valence-corrected chi connectivity index (χ4v) is 5.07. The SMILES string of the molecule is CC(C)OC(=NN)C(=O)C12CC3CC(CC(O)(C3)C1)C2. The number of ether oxygens (including phenoxy) is 1. The third-order valence-corrected chi connectivity index (χ3v) is 5.17. The summed E-state index contributed by atoms with van der Waals surface area (Å²) in [6.45, 7) is 3.71. The van der Waals surface area contributed by atoms with E-state index in [0.717, 1.165) is 32.1 Å². The molecule has 2 unspecified atom stereocenters. The van der Waals surface area contributed by atoms with E-state index in [-0.39, 0.29) is 17.8 Å². The Morgan fingerprint density at radius 2 is 1.90 bits per heavy atom. The lowest BCUT2D eigenvalue weighted by molar-refractivity contribution is -0.172. The van der Waals surface area contributed by atoms with Gasteiger partial charge in [-0.05, 0) is 64.2 Å². The van der Waals surface area contributed by atoms with Crippen LogP contribution < -0.4 is 5.84 Å².